The highest BCUT2D eigenvalue weighted by molar-refractivity contribution is 9.10. The van der Waals surface area contributed by atoms with Crippen molar-refractivity contribution in [3.8, 4) is 0 Å². The Kier molecular flexibility index (Phi) is 7.13. The first kappa shape index (κ1) is 24.9. The summed E-state index contributed by atoms with van der Waals surface area (Å²) in [5, 5.41) is 0. The number of benzene rings is 1. The van der Waals surface area contributed by atoms with Crippen molar-refractivity contribution in [1.82, 2.24) is 4.72 Å². The van der Waals surface area contributed by atoms with Crippen molar-refractivity contribution in [2.24, 2.45) is 17.3 Å². The van der Waals surface area contributed by atoms with Crippen LogP contribution >= 0.6 is 15.9 Å². The van der Waals surface area contributed by atoms with E-state index >= 15 is 0 Å². The third-order valence-corrected chi connectivity index (χ3v) is 9.10. The average molecular weight is 515 g/mol. The van der Waals surface area contributed by atoms with E-state index in [1.807, 2.05) is 39.8 Å². The Morgan fingerprint density at radius 3 is 2.39 bits per heavy atom. The van der Waals surface area contributed by atoms with Gasteiger partial charge >= 0.3 is 5.97 Å². The van der Waals surface area contributed by atoms with Crippen LogP contribution in [0.5, 0.6) is 0 Å². The molecule has 2 aliphatic rings. The standard InChI is InChI=1S/C24H36BrNO4S/c1-8-30-21(27)24(26-31(28)22(4,5)6)19-11-18(25)10-9-17(19)14-23(24)12-15(2)20(29-7)16(3)13-23/h9-11,15-16,20,26H,8,12-14H2,1-7H3. The predicted octanol–water partition coefficient (Wildman–Crippen LogP) is 4.88. The van der Waals surface area contributed by atoms with Crippen molar-refractivity contribution in [2.45, 2.75) is 77.2 Å². The molecular formula is C24H36BrNO4S. The monoisotopic (exact) mass is 513 g/mol. The van der Waals surface area contributed by atoms with Crippen molar-refractivity contribution in [2.75, 3.05) is 13.7 Å². The van der Waals surface area contributed by atoms with Crippen molar-refractivity contribution >= 4 is 32.9 Å². The molecule has 1 aromatic carbocycles. The molecule has 0 amide bonds. The Bertz CT molecular complexity index is 856. The largest absolute Gasteiger partial charge is 0.464 e. The number of ether oxygens (including phenoxy) is 2. The van der Waals surface area contributed by atoms with Gasteiger partial charge in [0.15, 0.2) is 5.54 Å². The molecule has 2 aliphatic carbocycles. The van der Waals surface area contributed by atoms with E-state index in [1.54, 1.807) is 7.11 Å². The van der Waals surface area contributed by atoms with Crippen LogP contribution in [0.4, 0.5) is 0 Å². The summed E-state index contributed by atoms with van der Waals surface area (Å²) in [7, 11) is 0.303. The minimum Gasteiger partial charge on any atom is -0.464 e. The Hall–Kier alpha value is -0.760. The molecule has 1 fully saturated rings. The second kappa shape index (κ2) is 8.88. The molecule has 4 unspecified atom stereocenters. The molecule has 0 radical (unpaired) electrons. The van der Waals surface area contributed by atoms with E-state index in [0.29, 0.717) is 0 Å². The third-order valence-electron chi connectivity index (χ3n) is 7.00. The topological polar surface area (TPSA) is 64.6 Å². The van der Waals surface area contributed by atoms with Gasteiger partial charge in [0.2, 0.25) is 0 Å². The van der Waals surface area contributed by atoms with Gasteiger partial charge in [-0.3, -0.25) is 0 Å². The van der Waals surface area contributed by atoms with Gasteiger partial charge in [-0.1, -0.05) is 35.8 Å². The van der Waals surface area contributed by atoms with Crippen LogP contribution in [-0.2, 0) is 37.2 Å². The summed E-state index contributed by atoms with van der Waals surface area (Å²) in [6, 6.07) is 6.11. The van der Waals surface area contributed by atoms with Gasteiger partial charge in [0, 0.05) is 17.0 Å². The van der Waals surface area contributed by atoms with Crippen LogP contribution in [0, 0.1) is 17.3 Å². The summed E-state index contributed by atoms with van der Waals surface area (Å²) in [5.41, 5.74) is 0.372. The zero-order chi connectivity index (χ0) is 23.2. The number of rotatable bonds is 5. The van der Waals surface area contributed by atoms with Gasteiger partial charge in [-0.05, 0) is 82.1 Å². The number of methoxy groups -OCH3 is 1. The molecule has 1 saturated carbocycles. The quantitative estimate of drug-likeness (QED) is 0.569. The molecule has 0 heterocycles. The lowest BCUT2D eigenvalue weighted by Gasteiger charge is -2.52. The zero-order valence-electron chi connectivity index (χ0n) is 19.7. The number of hydrogen-bond acceptors (Lipinski definition) is 4. The first-order chi connectivity index (χ1) is 14.4. The lowest BCUT2D eigenvalue weighted by atomic mass is 9.56. The number of halogens is 1. The summed E-state index contributed by atoms with van der Waals surface area (Å²) >= 11 is 3.59. The Balaban J connectivity index is 2.26. The first-order valence-corrected chi connectivity index (χ1v) is 13.0. The molecule has 0 bridgehead atoms. The second-order valence-corrected chi connectivity index (χ2v) is 13.2. The lowest BCUT2D eigenvalue weighted by Crippen LogP contribution is -2.64. The summed E-state index contributed by atoms with van der Waals surface area (Å²) in [6.45, 7) is 12.3. The van der Waals surface area contributed by atoms with Crippen LogP contribution in [0.25, 0.3) is 0 Å². The molecular weight excluding hydrogens is 478 g/mol. The number of hydrogen-bond donors (Lipinski definition) is 1. The van der Waals surface area contributed by atoms with E-state index in [1.165, 1.54) is 0 Å². The van der Waals surface area contributed by atoms with Crippen LogP contribution in [0.3, 0.4) is 0 Å². The summed E-state index contributed by atoms with van der Waals surface area (Å²) < 4.78 is 28.8. The predicted molar refractivity (Wildman–Crippen MR) is 128 cm³/mol. The van der Waals surface area contributed by atoms with E-state index in [9.17, 15) is 9.00 Å². The SMILES string of the molecule is CCOC(=O)C1(NS(=O)C(C)(C)C)c2cc(Br)ccc2CC12CC(C)C(OC)C(C)C2. The fourth-order valence-corrected chi connectivity index (χ4v) is 7.28. The third kappa shape index (κ3) is 4.16. The minimum atomic E-state index is -1.46. The maximum absolute atomic E-state index is 13.9. The maximum atomic E-state index is 13.9. The van der Waals surface area contributed by atoms with Crippen molar-refractivity contribution in [3.63, 3.8) is 0 Å². The summed E-state index contributed by atoms with van der Waals surface area (Å²) in [6.07, 6.45) is 2.45. The number of carbonyl (C=O) groups is 1. The number of carbonyl (C=O) groups excluding carboxylic acids is 1. The van der Waals surface area contributed by atoms with Crippen LogP contribution in [-0.4, -0.2) is 34.7 Å². The minimum absolute atomic E-state index is 0.133. The molecule has 0 aliphatic heterocycles. The number of nitrogens with one attached hydrogen (secondary N) is 1. The van der Waals surface area contributed by atoms with E-state index in [0.717, 1.165) is 34.9 Å². The molecule has 7 heteroatoms. The maximum Gasteiger partial charge on any atom is 0.332 e. The van der Waals surface area contributed by atoms with Crippen LogP contribution in [0.15, 0.2) is 22.7 Å². The van der Waals surface area contributed by atoms with E-state index in [-0.39, 0.29) is 30.5 Å². The van der Waals surface area contributed by atoms with Crippen LogP contribution < -0.4 is 4.72 Å². The smallest absolute Gasteiger partial charge is 0.332 e. The molecule has 31 heavy (non-hydrogen) atoms. The molecule has 0 aromatic heterocycles. The zero-order valence-corrected chi connectivity index (χ0v) is 22.1. The highest BCUT2D eigenvalue weighted by Crippen LogP contribution is 2.61. The lowest BCUT2D eigenvalue weighted by molar-refractivity contribution is -0.163. The van der Waals surface area contributed by atoms with Gasteiger partial charge in [-0.25, -0.2) is 13.7 Å². The first-order valence-electron chi connectivity index (χ1n) is 11.1. The van der Waals surface area contributed by atoms with Crippen molar-refractivity contribution in [1.29, 1.82) is 0 Å². The second-order valence-electron chi connectivity index (χ2n) is 10.3. The fraction of sp³-hybridized carbons (Fsp3) is 0.708. The molecule has 1 N–H and O–H groups in total. The fourth-order valence-electron chi connectivity index (χ4n) is 5.92. The number of fused-ring (bicyclic) bond motifs is 1. The van der Waals surface area contributed by atoms with Crippen molar-refractivity contribution in [3.05, 3.63) is 33.8 Å². The van der Waals surface area contributed by atoms with Gasteiger partial charge in [-0.2, -0.15) is 0 Å². The highest BCUT2D eigenvalue weighted by Gasteiger charge is 2.66. The van der Waals surface area contributed by atoms with E-state index in [2.05, 4.69) is 40.6 Å². The molecule has 3 rings (SSSR count). The number of esters is 1. The summed E-state index contributed by atoms with van der Waals surface area (Å²) in [5.74, 6) is 0.176. The van der Waals surface area contributed by atoms with Gasteiger partial charge in [0.05, 0.1) is 28.4 Å². The van der Waals surface area contributed by atoms with E-state index < -0.39 is 26.7 Å². The normalized spacial score (nSPS) is 33.9. The van der Waals surface area contributed by atoms with Crippen LogP contribution in [0.1, 0.15) is 65.5 Å². The molecule has 5 nitrogen and oxygen atoms in total. The average Bonchev–Trinajstić information content (AvgIpc) is 2.90. The van der Waals surface area contributed by atoms with E-state index in [4.69, 9.17) is 9.47 Å². The molecule has 0 saturated heterocycles. The Labute approximate surface area is 197 Å². The van der Waals surface area contributed by atoms with Crippen LogP contribution in [0.2, 0.25) is 0 Å². The summed E-state index contributed by atoms with van der Waals surface area (Å²) in [4.78, 5) is 13.9. The molecule has 1 spiro atoms. The molecule has 4 atom stereocenters. The van der Waals surface area contributed by atoms with Gasteiger partial charge < -0.3 is 9.47 Å². The van der Waals surface area contributed by atoms with Crippen molar-refractivity contribution < 1.29 is 18.5 Å². The molecule has 1 aromatic rings. The highest BCUT2D eigenvalue weighted by atomic mass is 79.9. The Morgan fingerprint density at radius 2 is 1.87 bits per heavy atom. The van der Waals surface area contributed by atoms with Gasteiger partial charge in [0.25, 0.3) is 0 Å². The Morgan fingerprint density at radius 1 is 1.26 bits per heavy atom. The molecule has 174 valence electrons. The van der Waals surface area contributed by atoms with Gasteiger partial charge in [-0.15, -0.1) is 0 Å². The van der Waals surface area contributed by atoms with Gasteiger partial charge in [0.1, 0.15) is 0 Å².